The van der Waals surface area contributed by atoms with Gasteiger partial charge in [-0.05, 0) is 48.7 Å². The van der Waals surface area contributed by atoms with Crippen molar-refractivity contribution in [1.29, 1.82) is 0 Å². The van der Waals surface area contributed by atoms with Crippen LogP contribution in [0, 0.1) is 13.8 Å². The van der Waals surface area contributed by atoms with E-state index < -0.39 is 0 Å². The van der Waals surface area contributed by atoms with Crippen LogP contribution in [0.15, 0.2) is 52.0 Å². The van der Waals surface area contributed by atoms with E-state index in [1.807, 2.05) is 56.4 Å². The number of amides is 2. The minimum atomic E-state index is -0.256. The van der Waals surface area contributed by atoms with E-state index in [0.29, 0.717) is 0 Å². The number of hydrogen-bond acceptors (Lipinski definition) is 3. The second-order valence-electron chi connectivity index (χ2n) is 6.29. The number of carbonyl (C=O) groups is 2. The van der Waals surface area contributed by atoms with Gasteiger partial charge in [0.1, 0.15) is 0 Å². The van der Waals surface area contributed by atoms with Gasteiger partial charge < -0.3 is 4.98 Å². The summed E-state index contributed by atoms with van der Waals surface area (Å²) < 4.78 is 1.05. The van der Waals surface area contributed by atoms with Crippen LogP contribution < -0.4 is 10.9 Å². The van der Waals surface area contributed by atoms with Gasteiger partial charge in [-0.3, -0.25) is 20.4 Å². The number of H-pyrrole nitrogens is 1. The monoisotopic (exact) mass is 445 g/mol. The summed E-state index contributed by atoms with van der Waals surface area (Å²) in [5.41, 5.74) is 9.07. The first-order chi connectivity index (χ1) is 12.9. The van der Waals surface area contributed by atoms with Gasteiger partial charge in [-0.2, -0.15) is 0 Å². The highest BCUT2D eigenvalue weighted by Crippen LogP contribution is 2.28. The van der Waals surface area contributed by atoms with Crippen LogP contribution in [0.3, 0.4) is 0 Å². The van der Waals surface area contributed by atoms with Crippen molar-refractivity contribution in [3.05, 3.63) is 63.8 Å². The molecule has 0 radical (unpaired) electrons. The molecule has 0 fully saturated rings. The van der Waals surface area contributed by atoms with Crippen molar-refractivity contribution in [2.45, 2.75) is 25.2 Å². The summed E-state index contributed by atoms with van der Waals surface area (Å²) in [5, 5.41) is 1.01. The molecular weight excluding hydrogens is 426 g/mol. The van der Waals surface area contributed by atoms with Gasteiger partial charge in [-0.15, -0.1) is 11.8 Å². The molecule has 0 saturated carbocycles. The molecule has 3 aromatic rings. The number of rotatable bonds is 5. The maximum absolute atomic E-state index is 12.1. The second kappa shape index (κ2) is 8.63. The highest BCUT2D eigenvalue weighted by Gasteiger charge is 2.11. The van der Waals surface area contributed by atoms with Gasteiger partial charge in [-0.25, -0.2) is 0 Å². The van der Waals surface area contributed by atoms with E-state index in [0.717, 1.165) is 37.0 Å². The average Bonchev–Trinajstić information content (AvgIpc) is 3.05. The zero-order valence-corrected chi connectivity index (χ0v) is 17.5. The number of hydrazine groups is 1. The number of aromatic amines is 1. The predicted molar refractivity (Wildman–Crippen MR) is 113 cm³/mol. The van der Waals surface area contributed by atoms with E-state index in [9.17, 15) is 9.59 Å². The molecule has 0 atom stereocenters. The van der Waals surface area contributed by atoms with Gasteiger partial charge in [0, 0.05) is 26.5 Å². The molecule has 2 amide bonds. The number of thioether (sulfide) groups is 1. The number of aromatic nitrogens is 1. The van der Waals surface area contributed by atoms with Gasteiger partial charge in [0.25, 0.3) is 0 Å². The third-order valence-corrected chi connectivity index (χ3v) is 6.19. The van der Waals surface area contributed by atoms with Crippen LogP contribution in [0.1, 0.15) is 16.7 Å². The SMILES string of the molecule is Cc1cc(SCC(=O)NNC(=O)Cc2c[nH]c3ccccc23)c(C)cc1Br. The Morgan fingerprint density at radius 3 is 2.63 bits per heavy atom. The fraction of sp³-hybridized carbons (Fsp3) is 0.200. The molecule has 3 rings (SSSR count). The summed E-state index contributed by atoms with van der Waals surface area (Å²) in [5.74, 6) is -0.268. The van der Waals surface area contributed by atoms with Crippen LogP contribution in [-0.4, -0.2) is 22.6 Å². The summed E-state index contributed by atoms with van der Waals surface area (Å²) in [4.78, 5) is 28.3. The molecule has 1 aromatic heterocycles. The van der Waals surface area contributed by atoms with Gasteiger partial charge in [0.05, 0.1) is 12.2 Å². The Kier molecular flexibility index (Phi) is 6.23. The summed E-state index contributed by atoms with van der Waals surface area (Å²) in [6.07, 6.45) is 2.02. The zero-order chi connectivity index (χ0) is 19.4. The molecule has 7 heteroatoms. The molecule has 1 heterocycles. The van der Waals surface area contributed by atoms with E-state index in [2.05, 4.69) is 31.8 Å². The quantitative estimate of drug-likeness (QED) is 0.409. The Bertz CT molecular complexity index is 1000. The standard InChI is InChI=1S/C20H20BrN3O2S/c1-12-8-18(13(2)7-16(12)21)27-11-20(26)24-23-19(25)9-14-10-22-17-6-4-3-5-15(14)17/h3-8,10,22H,9,11H2,1-2H3,(H,23,25)(H,24,26). The molecule has 5 nitrogen and oxygen atoms in total. The molecule has 0 aliphatic carbocycles. The number of benzene rings is 2. The molecule has 140 valence electrons. The maximum Gasteiger partial charge on any atom is 0.248 e. The zero-order valence-electron chi connectivity index (χ0n) is 15.1. The number of fused-ring (bicyclic) bond motifs is 1. The van der Waals surface area contributed by atoms with Crippen LogP contribution >= 0.6 is 27.7 Å². The Labute approximate surface area is 170 Å². The van der Waals surface area contributed by atoms with Gasteiger partial charge in [0.2, 0.25) is 11.8 Å². The van der Waals surface area contributed by atoms with Crippen LogP contribution in [0.5, 0.6) is 0 Å². The van der Waals surface area contributed by atoms with E-state index in [1.54, 1.807) is 0 Å². The fourth-order valence-electron chi connectivity index (χ4n) is 2.72. The number of para-hydroxylation sites is 1. The highest BCUT2D eigenvalue weighted by molar-refractivity contribution is 9.10. The van der Waals surface area contributed by atoms with E-state index in [-0.39, 0.29) is 24.0 Å². The predicted octanol–water partition coefficient (Wildman–Crippen LogP) is 4.03. The van der Waals surface area contributed by atoms with Gasteiger partial charge >= 0.3 is 0 Å². The summed E-state index contributed by atoms with van der Waals surface area (Å²) in [6, 6.07) is 11.9. The van der Waals surface area contributed by atoms with Crippen LogP contribution in [0.4, 0.5) is 0 Å². The topological polar surface area (TPSA) is 74.0 Å². The number of halogens is 1. The molecule has 0 bridgehead atoms. The summed E-state index contributed by atoms with van der Waals surface area (Å²) >= 11 is 4.95. The first-order valence-electron chi connectivity index (χ1n) is 8.46. The lowest BCUT2D eigenvalue weighted by Gasteiger charge is -2.10. The second-order valence-corrected chi connectivity index (χ2v) is 8.16. The van der Waals surface area contributed by atoms with Crippen molar-refractivity contribution >= 4 is 50.4 Å². The Morgan fingerprint density at radius 1 is 1.07 bits per heavy atom. The normalized spacial score (nSPS) is 10.8. The van der Waals surface area contributed by atoms with Gasteiger partial charge in [0.15, 0.2) is 0 Å². The molecule has 0 aliphatic heterocycles. The van der Waals surface area contributed by atoms with Crippen LogP contribution in [0.25, 0.3) is 10.9 Å². The molecule has 3 N–H and O–H groups in total. The Hall–Kier alpha value is -2.25. The number of hydrogen-bond donors (Lipinski definition) is 3. The molecule has 2 aromatic carbocycles. The number of nitrogens with one attached hydrogen (secondary N) is 3. The van der Waals surface area contributed by atoms with E-state index in [4.69, 9.17) is 0 Å². The van der Waals surface area contributed by atoms with Crippen LogP contribution in [-0.2, 0) is 16.0 Å². The lowest BCUT2D eigenvalue weighted by molar-refractivity contribution is -0.127. The van der Waals surface area contributed by atoms with Crippen molar-refractivity contribution < 1.29 is 9.59 Å². The summed E-state index contributed by atoms with van der Waals surface area (Å²) in [7, 11) is 0. The largest absolute Gasteiger partial charge is 0.361 e. The lowest BCUT2D eigenvalue weighted by atomic mass is 10.1. The highest BCUT2D eigenvalue weighted by atomic mass is 79.9. The minimum absolute atomic E-state index is 0.197. The number of aryl methyl sites for hydroxylation is 2. The van der Waals surface area contributed by atoms with Crippen LogP contribution in [0.2, 0.25) is 0 Å². The minimum Gasteiger partial charge on any atom is -0.361 e. The molecule has 27 heavy (non-hydrogen) atoms. The Morgan fingerprint density at radius 2 is 1.81 bits per heavy atom. The number of carbonyl (C=O) groups excluding carboxylic acids is 2. The first kappa shape index (κ1) is 19.5. The fourth-order valence-corrected chi connectivity index (χ4v) is 4.09. The smallest absolute Gasteiger partial charge is 0.248 e. The van der Waals surface area contributed by atoms with Crippen molar-refractivity contribution in [2.24, 2.45) is 0 Å². The average molecular weight is 446 g/mol. The molecule has 0 aliphatic rings. The maximum atomic E-state index is 12.1. The van der Waals surface area contributed by atoms with Crippen molar-refractivity contribution in [3.63, 3.8) is 0 Å². The van der Waals surface area contributed by atoms with E-state index >= 15 is 0 Å². The molecule has 0 unspecified atom stereocenters. The third kappa shape index (κ3) is 4.93. The first-order valence-corrected chi connectivity index (χ1v) is 10.2. The van der Waals surface area contributed by atoms with Crippen molar-refractivity contribution in [2.75, 3.05) is 5.75 Å². The molecule has 0 spiro atoms. The van der Waals surface area contributed by atoms with Crippen molar-refractivity contribution in [3.8, 4) is 0 Å². The summed E-state index contributed by atoms with van der Waals surface area (Å²) in [6.45, 7) is 4.02. The van der Waals surface area contributed by atoms with Gasteiger partial charge in [-0.1, -0.05) is 34.1 Å². The third-order valence-electron chi connectivity index (χ3n) is 4.18. The molecular formula is C20H20BrN3O2S. The lowest BCUT2D eigenvalue weighted by Crippen LogP contribution is -2.43. The Balaban J connectivity index is 1.49. The molecule has 0 saturated heterocycles. The van der Waals surface area contributed by atoms with Crippen molar-refractivity contribution in [1.82, 2.24) is 15.8 Å². The van der Waals surface area contributed by atoms with E-state index in [1.165, 1.54) is 11.8 Å².